The highest BCUT2D eigenvalue weighted by molar-refractivity contribution is 6.07. The highest BCUT2D eigenvalue weighted by Crippen LogP contribution is 2.30. The Morgan fingerprint density at radius 1 is 1.21 bits per heavy atom. The van der Waals surface area contributed by atoms with Crippen molar-refractivity contribution in [1.82, 2.24) is 14.9 Å². The topological polar surface area (TPSA) is 58.1 Å². The second-order valence-corrected chi connectivity index (χ2v) is 8.04. The number of amides is 1. The van der Waals surface area contributed by atoms with E-state index in [1.807, 2.05) is 24.0 Å². The van der Waals surface area contributed by atoms with Gasteiger partial charge in [0.25, 0.3) is 5.91 Å². The van der Waals surface area contributed by atoms with Crippen molar-refractivity contribution in [3.63, 3.8) is 0 Å². The minimum atomic E-state index is 0.0409. The molecule has 1 saturated heterocycles. The number of nitrogens with one attached hydrogen (secondary N) is 1. The predicted octanol–water partition coefficient (Wildman–Crippen LogP) is 5.12. The molecule has 0 aliphatic carbocycles. The number of rotatable bonds is 4. The molecular weight excluding hydrogens is 360 g/mol. The van der Waals surface area contributed by atoms with Crippen LogP contribution >= 0.6 is 0 Å². The van der Waals surface area contributed by atoms with Crippen LogP contribution in [0, 0.1) is 12.8 Å². The van der Waals surface area contributed by atoms with E-state index < -0.39 is 0 Å². The van der Waals surface area contributed by atoms with Crippen LogP contribution in [-0.4, -0.2) is 33.9 Å². The van der Waals surface area contributed by atoms with E-state index in [2.05, 4.69) is 53.4 Å². The number of aromatic nitrogens is 2. The van der Waals surface area contributed by atoms with E-state index in [9.17, 15) is 4.79 Å². The van der Waals surface area contributed by atoms with Crippen molar-refractivity contribution in [2.24, 2.45) is 5.92 Å². The number of aryl methyl sites for hydroxylation is 2. The molecule has 5 nitrogen and oxygen atoms in total. The molecule has 0 unspecified atom stereocenters. The number of benzene rings is 1. The van der Waals surface area contributed by atoms with E-state index in [0.717, 1.165) is 48.4 Å². The van der Waals surface area contributed by atoms with Gasteiger partial charge in [-0.2, -0.15) is 0 Å². The second kappa shape index (κ2) is 8.19. The molecule has 1 aliphatic heterocycles. The molecule has 0 radical (unpaired) electrons. The third-order valence-corrected chi connectivity index (χ3v) is 5.68. The Morgan fingerprint density at radius 2 is 2.00 bits per heavy atom. The van der Waals surface area contributed by atoms with Gasteiger partial charge in [0.1, 0.15) is 0 Å². The van der Waals surface area contributed by atoms with Crippen LogP contribution in [-0.2, 0) is 6.42 Å². The molecule has 4 rings (SSSR count). The van der Waals surface area contributed by atoms with Crippen LogP contribution in [0.15, 0.2) is 42.6 Å². The van der Waals surface area contributed by atoms with Crippen LogP contribution in [0.2, 0.25) is 0 Å². The van der Waals surface area contributed by atoms with Crippen LogP contribution in [0.3, 0.4) is 0 Å². The van der Waals surface area contributed by atoms with Crippen molar-refractivity contribution in [3.05, 3.63) is 59.4 Å². The van der Waals surface area contributed by atoms with Crippen molar-refractivity contribution < 1.29 is 4.79 Å². The summed E-state index contributed by atoms with van der Waals surface area (Å²) in [6.07, 6.45) is 4.91. The molecule has 5 heteroatoms. The molecule has 3 heterocycles. The lowest BCUT2D eigenvalue weighted by atomic mass is 9.99. The summed E-state index contributed by atoms with van der Waals surface area (Å²) in [6.45, 7) is 7.90. The van der Waals surface area contributed by atoms with Crippen LogP contribution in [0.5, 0.6) is 0 Å². The maximum absolute atomic E-state index is 13.4. The standard InChI is InChI=1S/C24H28N4O/c1-4-18-8-10-19(11-9-18)27-22-20-12-7-17(3)26-23(20)25-14-21(22)24(29)28-13-5-6-16(2)15-28/h7-12,14,16H,4-6,13,15H2,1-3H3,(H,25,26,27)/t16-/m1/s1. The zero-order chi connectivity index (χ0) is 20.4. The van der Waals surface area contributed by atoms with Crippen molar-refractivity contribution in [2.45, 2.75) is 40.0 Å². The number of fused-ring (bicyclic) bond motifs is 1. The molecule has 3 aromatic rings. The van der Waals surface area contributed by atoms with Gasteiger partial charge in [0.05, 0.1) is 11.3 Å². The van der Waals surface area contributed by atoms with Gasteiger partial charge in [0.15, 0.2) is 5.65 Å². The van der Waals surface area contributed by atoms with Gasteiger partial charge in [-0.05, 0) is 61.9 Å². The summed E-state index contributed by atoms with van der Waals surface area (Å²) in [5.41, 5.74) is 5.20. The number of piperidine rings is 1. The number of pyridine rings is 2. The van der Waals surface area contributed by atoms with Gasteiger partial charge in [0.2, 0.25) is 0 Å². The van der Waals surface area contributed by atoms with Gasteiger partial charge in [-0.15, -0.1) is 0 Å². The summed E-state index contributed by atoms with van der Waals surface area (Å²) in [7, 11) is 0. The first kappa shape index (κ1) is 19.4. The molecule has 2 aromatic heterocycles. The molecule has 0 spiro atoms. The summed E-state index contributed by atoms with van der Waals surface area (Å²) in [6, 6.07) is 12.3. The maximum atomic E-state index is 13.4. The fourth-order valence-electron chi connectivity index (χ4n) is 3.98. The minimum Gasteiger partial charge on any atom is -0.354 e. The smallest absolute Gasteiger partial charge is 0.257 e. The van der Waals surface area contributed by atoms with E-state index >= 15 is 0 Å². The van der Waals surface area contributed by atoms with Gasteiger partial charge in [-0.25, -0.2) is 9.97 Å². The Labute approximate surface area is 172 Å². The third-order valence-electron chi connectivity index (χ3n) is 5.68. The van der Waals surface area contributed by atoms with Crippen molar-refractivity contribution in [2.75, 3.05) is 18.4 Å². The first-order chi connectivity index (χ1) is 14.0. The van der Waals surface area contributed by atoms with Crippen molar-refractivity contribution in [3.8, 4) is 0 Å². The number of likely N-dealkylation sites (tertiary alicyclic amines) is 1. The lowest BCUT2D eigenvalue weighted by Gasteiger charge is -2.31. The van der Waals surface area contributed by atoms with E-state index in [1.165, 1.54) is 12.0 Å². The lowest BCUT2D eigenvalue weighted by Crippen LogP contribution is -2.39. The second-order valence-electron chi connectivity index (χ2n) is 8.04. The van der Waals surface area contributed by atoms with Crippen LogP contribution in [0.4, 0.5) is 11.4 Å². The largest absolute Gasteiger partial charge is 0.354 e. The highest BCUT2D eigenvalue weighted by atomic mass is 16.2. The summed E-state index contributed by atoms with van der Waals surface area (Å²) in [5.74, 6) is 0.572. The fraction of sp³-hybridized carbons (Fsp3) is 0.375. The van der Waals surface area contributed by atoms with Crippen LogP contribution in [0.25, 0.3) is 11.0 Å². The SMILES string of the molecule is CCc1ccc(Nc2c(C(=O)N3CCC[C@@H](C)C3)cnc3nc(C)ccc23)cc1. The molecule has 1 fully saturated rings. The van der Waals surface area contributed by atoms with Gasteiger partial charge in [0, 0.05) is 36.1 Å². The molecule has 1 amide bonds. The fourth-order valence-corrected chi connectivity index (χ4v) is 3.98. The summed E-state index contributed by atoms with van der Waals surface area (Å²) in [5, 5.41) is 4.36. The van der Waals surface area contributed by atoms with E-state index in [4.69, 9.17) is 0 Å². The lowest BCUT2D eigenvalue weighted by molar-refractivity contribution is 0.0684. The molecule has 1 aromatic carbocycles. The maximum Gasteiger partial charge on any atom is 0.257 e. The number of hydrogen-bond donors (Lipinski definition) is 1. The van der Waals surface area contributed by atoms with Crippen LogP contribution in [0.1, 0.15) is 48.3 Å². The minimum absolute atomic E-state index is 0.0409. The molecule has 29 heavy (non-hydrogen) atoms. The number of carbonyl (C=O) groups is 1. The quantitative estimate of drug-likeness (QED) is 0.674. The highest BCUT2D eigenvalue weighted by Gasteiger charge is 2.25. The van der Waals surface area contributed by atoms with Gasteiger partial charge in [-0.3, -0.25) is 4.79 Å². The molecular formula is C24H28N4O. The molecule has 1 N–H and O–H groups in total. The molecule has 150 valence electrons. The van der Waals surface area contributed by atoms with Crippen LogP contribution < -0.4 is 5.32 Å². The Morgan fingerprint density at radius 3 is 2.72 bits per heavy atom. The number of carbonyl (C=O) groups excluding carboxylic acids is 1. The van der Waals surface area contributed by atoms with E-state index in [-0.39, 0.29) is 5.91 Å². The van der Waals surface area contributed by atoms with Gasteiger partial charge in [-0.1, -0.05) is 26.0 Å². The van der Waals surface area contributed by atoms with Gasteiger partial charge < -0.3 is 10.2 Å². The van der Waals surface area contributed by atoms with Gasteiger partial charge >= 0.3 is 0 Å². The predicted molar refractivity (Wildman–Crippen MR) is 118 cm³/mol. The van der Waals surface area contributed by atoms with Crippen molar-refractivity contribution >= 4 is 28.3 Å². The normalized spacial score (nSPS) is 16.8. The molecule has 0 bridgehead atoms. The number of hydrogen-bond acceptors (Lipinski definition) is 4. The summed E-state index contributed by atoms with van der Waals surface area (Å²) >= 11 is 0. The summed E-state index contributed by atoms with van der Waals surface area (Å²) in [4.78, 5) is 24.4. The number of anilines is 2. The zero-order valence-electron chi connectivity index (χ0n) is 17.4. The first-order valence-corrected chi connectivity index (χ1v) is 10.5. The molecule has 0 saturated carbocycles. The monoisotopic (exact) mass is 388 g/mol. The Balaban J connectivity index is 1.77. The Hall–Kier alpha value is -2.95. The third kappa shape index (κ3) is 4.09. The molecule has 1 atom stereocenters. The van der Waals surface area contributed by atoms with E-state index in [1.54, 1.807) is 6.20 Å². The Kier molecular flexibility index (Phi) is 5.47. The Bertz CT molecular complexity index is 1030. The number of nitrogens with zero attached hydrogens (tertiary/aromatic N) is 3. The zero-order valence-corrected chi connectivity index (χ0v) is 17.4. The summed E-state index contributed by atoms with van der Waals surface area (Å²) < 4.78 is 0. The first-order valence-electron chi connectivity index (χ1n) is 10.5. The van der Waals surface area contributed by atoms with E-state index in [0.29, 0.717) is 17.1 Å². The average Bonchev–Trinajstić information content (AvgIpc) is 2.74. The molecule has 1 aliphatic rings. The van der Waals surface area contributed by atoms with Crippen molar-refractivity contribution in [1.29, 1.82) is 0 Å². The average molecular weight is 389 g/mol.